The van der Waals surface area contributed by atoms with Crippen molar-refractivity contribution in [1.82, 2.24) is 24.8 Å². The summed E-state index contributed by atoms with van der Waals surface area (Å²) in [6.45, 7) is 4.86. The molecule has 1 aliphatic rings. The Morgan fingerprint density at radius 2 is 1.92 bits per heavy atom. The Hall–Kier alpha value is -2.40. The molecule has 122 valence electrons. The summed E-state index contributed by atoms with van der Waals surface area (Å²) in [4.78, 5) is 20.8. The SMILES string of the molecule is CCCc1ncc2c(n1)CCN(Cc1cnc3ccccc3n1)C2. The van der Waals surface area contributed by atoms with Crippen LogP contribution in [0.2, 0.25) is 0 Å². The van der Waals surface area contributed by atoms with Gasteiger partial charge in [-0.25, -0.2) is 15.0 Å². The molecule has 0 spiro atoms. The van der Waals surface area contributed by atoms with E-state index in [-0.39, 0.29) is 0 Å². The molecule has 3 aromatic rings. The zero-order valence-corrected chi connectivity index (χ0v) is 13.9. The minimum atomic E-state index is 0.813. The lowest BCUT2D eigenvalue weighted by atomic mass is 10.1. The van der Waals surface area contributed by atoms with Gasteiger partial charge in [-0.05, 0) is 18.6 Å². The highest BCUT2D eigenvalue weighted by atomic mass is 15.1. The van der Waals surface area contributed by atoms with E-state index in [9.17, 15) is 0 Å². The maximum Gasteiger partial charge on any atom is 0.128 e. The highest BCUT2D eigenvalue weighted by Crippen LogP contribution is 2.19. The molecule has 0 aliphatic carbocycles. The van der Waals surface area contributed by atoms with E-state index in [0.29, 0.717) is 0 Å². The molecule has 0 bridgehead atoms. The van der Waals surface area contributed by atoms with Gasteiger partial charge in [-0.15, -0.1) is 0 Å². The minimum absolute atomic E-state index is 0.813. The Morgan fingerprint density at radius 1 is 1.04 bits per heavy atom. The van der Waals surface area contributed by atoms with Crippen molar-refractivity contribution in [3.63, 3.8) is 0 Å². The normalized spacial score (nSPS) is 14.7. The molecule has 5 heteroatoms. The van der Waals surface area contributed by atoms with Gasteiger partial charge in [-0.2, -0.15) is 0 Å². The molecule has 1 aromatic carbocycles. The molecular weight excluding hydrogens is 298 g/mol. The molecule has 24 heavy (non-hydrogen) atoms. The third kappa shape index (κ3) is 3.12. The van der Waals surface area contributed by atoms with E-state index in [2.05, 4.69) is 21.8 Å². The molecule has 0 atom stereocenters. The standard InChI is InChI=1S/C19H21N5/c1-2-5-19-21-10-14-12-24(9-8-16(14)23-19)13-15-11-20-17-6-3-4-7-18(17)22-15/h3-4,6-7,10-11H,2,5,8-9,12-13H2,1H3. The molecule has 0 fully saturated rings. The van der Waals surface area contributed by atoms with Gasteiger partial charge in [0.05, 0.1) is 22.9 Å². The van der Waals surface area contributed by atoms with Gasteiger partial charge in [-0.1, -0.05) is 19.1 Å². The van der Waals surface area contributed by atoms with E-state index < -0.39 is 0 Å². The molecule has 0 amide bonds. The number of para-hydroxylation sites is 2. The maximum atomic E-state index is 4.73. The lowest BCUT2D eigenvalue weighted by Gasteiger charge is -2.27. The molecular formula is C19H21N5. The summed E-state index contributed by atoms with van der Waals surface area (Å²) in [6.07, 6.45) is 6.93. The summed E-state index contributed by atoms with van der Waals surface area (Å²) in [5, 5.41) is 0. The number of fused-ring (bicyclic) bond motifs is 2. The minimum Gasteiger partial charge on any atom is -0.293 e. The molecule has 0 radical (unpaired) electrons. The van der Waals surface area contributed by atoms with Gasteiger partial charge in [0.2, 0.25) is 0 Å². The van der Waals surface area contributed by atoms with E-state index in [1.165, 1.54) is 11.3 Å². The Labute approximate surface area is 141 Å². The summed E-state index contributed by atoms with van der Waals surface area (Å²) in [5.74, 6) is 0.977. The first-order valence-electron chi connectivity index (χ1n) is 8.58. The summed E-state index contributed by atoms with van der Waals surface area (Å²) >= 11 is 0. The van der Waals surface area contributed by atoms with E-state index in [1.807, 2.05) is 36.7 Å². The predicted molar refractivity (Wildman–Crippen MR) is 93.4 cm³/mol. The third-order valence-corrected chi connectivity index (χ3v) is 4.42. The first-order chi connectivity index (χ1) is 11.8. The molecule has 0 saturated heterocycles. The van der Waals surface area contributed by atoms with Crippen LogP contribution in [0, 0.1) is 0 Å². The van der Waals surface area contributed by atoms with Gasteiger partial charge in [0.25, 0.3) is 0 Å². The average Bonchev–Trinajstić information content (AvgIpc) is 2.62. The maximum absolute atomic E-state index is 4.73. The van der Waals surface area contributed by atoms with Crippen LogP contribution in [0.4, 0.5) is 0 Å². The molecule has 0 N–H and O–H groups in total. The van der Waals surface area contributed by atoms with Crippen molar-refractivity contribution in [1.29, 1.82) is 0 Å². The van der Waals surface area contributed by atoms with E-state index in [0.717, 1.165) is 61.4 Å². The van der Waals surface area contributed by atoms with Gasteiger partial charge >= 0.3 is 0 Å². The summed E-state index contributed by atoms with van der Waals surface area (Å²) in [7, 11) is 0. The van der Waals surface area contributed by atoms with Gasteiger partial charge < -0.3 is 0 Å². The quantitative estimate of drug-likeness (QED) is 0.740. The fourth-order valence-electron chi connectivity index (χ4n) is 3.20. The molecule has 2 aromatic heterocycles. The molecule has 5 nitrogen and oxygen atoms in total. The fourth-order valence-corrected chi connectivity index (χ4v) is 3.20. The number of nitrogens with zero attached hydrogens (tertiary/aromatic N) is 5. The van der Waals surface area contributed by atoms with Crippen LogP contribution in [-0.2, 0) is 25.9 Å². The number of hydrogen-bond donors (Lipinski definition) is 0. The van der Waals surface area contributed by atoms with Crippen LogP contribution in [0.5, 0.6) is 0 Å². The predicted octanol–water partition coefficient (Wildman–Crippen LogP) is 2.93. The molecule has 0 saturated carbocycles. The van der Waals surface area contributed by atoms with Gasteiger partial charge in [0, 0.05) is 49.9 Å². The summed E-state index contributed by atoms with van der Waals surface area (Å²) in [6, 6.07) is 8.00. The van der Waals surface area contributed by atoms with Crippen LogP contribution in [0.1, 0.15) is 36.1 Å². The van der Waals surface area contributed by atoms with E-state index in [1.54, 1.807) is 0 Å². The number of hydrogen-bond acceptors (Lipinski definition) is 5. The largest absolute Gasteiger partial charge is 0.293 e. The Bertz CT molecular complexity index is 861. The smallest absolute Gasteiger partial charge is 0.128 e. The van der Waals surface area contributed by atoms with Crippen molar-refractivity contribution in [2.75, 3.05) is 6.54 Å². The molecule has 1 aliphatic heterocycles. The van der Waals surface area contributed by atoms with Crippen molar-refractivity contribution >= 4 is 11.0 Å². The van der Waals surface area contributed by atoms with Crippen LogP contribution in [0.25, 0.3) is 11.0 Å². The van der Waals surface area contributed by atoms with Crippen molar-refractivity contribution in [3.8, 4) is 0 Å². The Balaban J connectivity index is 1.49. The molecule has 3 heterocycles. The van der Waals surface area contributed by atoms with E-state index in [4.69, 9.17) is 9.97 Å². The van der Waals surface area contributed by atoms with Crippen LogP contribution in [0.3, 0.4) is 0 Å². The third-order valence-electron chi connectivity index (χ3n) is 4.42. The van der Waals surface area contributed by atoms with Crippen LogP contribution in [0.15, 0.2) is 36.7 Å². The highest BCUT2D eigenvalue weighted by Gasteiger charge is 2.19. The molecule has 4 rings (SSSR count). The fraction of sp³-hybridized carbons (Fsp3) is 0.368. The summed E-state index contributed by atoms with van der Waals surface area (Å²) in [5.41, 5.74) is 5.38. The number of aryl methyl sites for hydroxylation is 1. The average molecular weight is 319 g/mol. The van der Waals surface area contributed by atoms with Crippen LogP contribution >= 0.6 is 0 Å². The van der Waals surface area contributed by atoms with Crippen molar-refractivity contribution in [2.24, 2.45) is 0 Å². The van der Waals surface area contributed by atoms with Gasteiger partial charge in [0.1, 0.15) is 5.82 Å². The number of benzene rings is 1. The second kappa shape index (κ2) is 6.61. The zero-order chi connectivity index (χ0) is 16.4. The lowest BCUT2D eigenvalue weighted by molar-refractivity contribution is 0.239. The van der Waals surface area contributed by atoms with E-state index >= 15 is 0 Å². The monoisotopic (exact) mass is 319 g/mol. The number of aromatic nitrogens is 4. The topological polar surface area (TPSA) is 54.8 Å². The van der Waals surface area contributed by atoms with Gasteiger partial charge in [-0.3, -0.25) is 9.88 Å². The Morgan fingerprint density at radius 3 is 2.79 bits per heavy atom. The van der Waals surface area contributed by atoms with Crippen LogP contribution in [-0.4, -0.2) is 31.4 Å². The lowest BCUT2D eigenvalue weighted by Crippen LogP contribution is -2.31. The second-order valence-electron chi connectivity index (χ2n) is 6.32. The highest BCUT2D eigenvalue weighted by molar-refractivity contribution is 5.73. The molecule has 0 unspecified atom stereocenters. The van der Waals surface area contributed by atoms with Crippen molar-refractivity contribution in [3.05, 3.63) is 59.4 Å². The Kier molecular flexibility index (Phi) is 4.17. The van der Waals surface area contributed by atoms with Crippen LogP contribution < -0.4 is 0 Å². The first-order valence-corrected chi connectivity index (χ1v) is 8.58. The first kappa shape index (κ1) is 15.1. The second-order valence-corrected chi connectivity index (χ2v) is 6.32. The summed E-state index contributed by atoms with van der Waals surface area (Å²) < 4.78 is 0. The van der Waals surface area contributed by atoms with Crippen molar-refractivity contribution < 1.29 is 0 Å². The van der Waals surface area contributed by atoms with Crippen molar-refractivity contribution in [2.45, 2.75) is 39.3 Å². The zero-order valence-electron chi connectivity index (χ0n) is 13.9. The number of rotatable bonds is 4. The van der Waals surface area contributed by atoms with Gasteiger partial charge in [0.15, 0.2) is 0 Å².